The van der Waals surface area contributed by atoms with Crippen LogP contribution in [0.1, 0.15) is 0 Å². The normalized spacial score (nSPS) is 8.50. The number of rotatable bonds is 3. The Kier molecular flexibility index (Phi) is 13.8. The van der Waals surface area contributed by atoms with Crippen molar-refractivity contribution in [3.63, 3.8) is 0 Å². The Morgan fingerprint density at radius 1 is 1.12 bits per heavy atom. The summed E-state index contributed by atoms with van der Waals surface area (Å²) in [5.41, 5.74) is 0. The van der Waals surface area contributed by atoms with Crippen molar-refractivity contribution in [1.29, 1.82) is 0 Å². The third kappa shape index (κ3) is 9.54. The van der Waals surface area contributed by atoms with Gasteiger partial charge < -0.3 is 5.11 Å². The molecule has 16 heavy (non-hydrogen) atoms. The van der Waals surface area contributed by atoms with Gasteiger partial charge in [0, 0.05) is 11.6 Å². The fourth-order valence-electron chi connectivity index (χ4n) is 0.471. The molecule has 0 saturated heterocycles. The van der Waals surface area contributed by atoms with Gasteiger partial charge in [0.25, 0.3) is 0 Å². The number of phenols is 1. The summed E-state index contributed by atoms with van der Waals surface area (Å²) in [5, 5.41) is 8.52. The topological polar surface area (TPSA) is 47.9 Å². The van der Waals surface area contributed by atoms with Crippen LogP contribution in [0.25, 0.3) is 0 Å². The molecule has 0 amide bonds. The van der Waals surface area contributed by atoms with E-state index >= 15 is 0 Å². The third-order valence-corrected chi connectivity index (χ3v) is 0.962. The van der Waals surface area contributed by atoms with E-state index in [1.165, 1.54) is 18.2 Å². The van der Waals surface area contributed by atoms with E-state index in [-0.39, 0.29) is 57.1 Å². The molecule has 0 atom stereocenters. The van der Waals surface area contributed by atoms with Crippen molar-refractivity contribution in [2.75, 3.05) is 0 Å². The van der Waals surface area contributed by atoms with Crippen molar-refractivity contribution in [3.05, 3.63) is 30.1 Å². The van der Waals surface area contributed by atoms with E-state index in [0.29, 0.717) is 0 Å². The predicted molar refractivity (Wildman–Crippen MR) is 39.2 cm³/mol. The van der Waals surface area contributed by atoms with Crippen LogP contribution >= 0.6 is 0 Å². The second kappa shape index (κ2) is 11.8. The van der Waals surface area contributed by atoms with E-state index in [2.05, 4.69) is 20.6 Å². The maximum atomic E-state index is 12.0. The van der Waals surface area contributed by atoms with Gasteiger partial charge in [-0.2, -0.15) is 20.6 Å². The Labute approximate surface area is 131 Å². The van der Waals surface area contributed by atoms with E-state index in [1.807, 2.05) is 0 Å². The van der Waals surface area contributed by atoms with Crippen molar-refractivity contribution >= 4 is 7.32 Å². The molecule has 0 aliphatic heterocycles. The molecule has 0 fully saturated rings. The van der Waals surface area contributed by atoms with Gasteiger partial charge in [0.05, 0.1) is 0 Å². The molecule has 0 bridgehead atoms. The average Bonchev–Trinajstić information content (AvgIpc) is 2.21. The zero-order valence-corrected chi connectivity index (χ0v) is 11.1. The van der Waals surface area contributed by atoms with Gasteiger partial charge in [0.2, 0.25) is 0 Å². The molecular weight excluding hydrogens is 262 g/mol. The number of halogens is 4. The van der Waals surface area contributed by atoms with Gasteiger partial charge in [-0.25, -0.2) is 4.39 Å². The summed E-state index contributed by atoms with van der Waals surface area (Å²) in [6.07, 6.45) is 0. The zero-order chi connectivity index (χ0) is 11.7. The molecule has 0 saturated carbocycles. The second-order valence-corrected chi connectivity index (χ2v) is 1.94. The fourth-order valence-corrected chi connectivity index (χ4v) is 0.471. The Morgan fingerprint density at radius 2 is 1.62 bits per heavy atom. The predicted octanol–water partition coefficient (Wildman–Crippen LogP) is -0.990. The van der Waals surface area contributed by atoms with Gasteiger partial charge in [0.15, 0.2) is 0 Å². The van der Waals surface area contributed by atoms with Gasteiger partial charge in [-0.3, -0.25) is 0 Å². The summed E-state index contributed by atoms with van der Waals surface area (Å²) in [6.45, 7) is 0. The van der Waals surface area contributed by atoms with Crippen molar-refractivity contribution in [2.45, 2.75) is 0 Å². The van der Waals surface area contributed by atoms with Gasteiger partial charge in [0.1, 0.15) is 0 Å². The summed E-state index contributed by atoms with van der Waals surface area (Å²) < 4.78 is 43.2. The quantitative estimate of drug-likeness (QED) is 0.433. The van der Waals surface area contributed by atoms with Crippen LogP contribution in [-0.4, -0.2) is 12.4 Å². The summed E-state index contributed by atoms with van der Waals surface area (Å²) in [6, 6.07) is 6.06. The maximum absolute atomic E-state index is 12.0. The van der Waals surface area contributed by atoms with Crippen molar-refractivity contribution in [1.82, 2.24) is 0 Å². The molecule has 0 aliphatic rings. The summed E-state index contributed by atoms with van der Waals surface area (Å²) >= 11 is 0. The van der Waals surface area contributed by atoms with E-state index in [4.69, 9.17) is 5.11 Å². The molecule has 1 N–H and O–H groups in total. The van der Waals surface area contributed by atoms with Gasteiger partial charge in [-0.1, -0.05) is 13.6 Å². The van der Waals surface area contributed by atoms with Crippen molar-refractivity contribution in [2.24, 2.45) is 0 Å². The minimum absolute atomic E-state index is 0. The number of phenolic OH excluding ortho intramolecular Hbond substituents is 1. The molecule has 84 valence electrons. The van der Waals surface area contributed by atoms with Gasteiger partial charge >= 0.3 is 58.7 Å². The SMILES string of the molecule is FOB(OF)OF.Oc1[c-]c(F)ccc1.[K+]. The van der Waals surface area contributed by atoms with Crippen LogP contribution in [-0.2, 0) is 14.6 Å². The number of hydrogen-bond acceptors (Lipinski definition) is 4. The minimum atomic E-state index is -2.51. The van der Waals surface area contributed by atoms with E-state index in [0.717, 1.165) is 0 Å². The number of benzene rings is 1. The van der Waals surface area contributed by atoms with Crippen LogP contribution in [0.4, 0.5) is 18.0 Å². The Balaban J connectivity index is 0. The van der Waals surface area contributed by atoms with Crippen LogP contribution in [0.5, 0.6) is 5.75 Å². The van der Waals surface area contributed by atoms with E-state index in [1.54, 1.807) is 0 Å². The molecular formula is C6H4BF4KO4. The maximum Gasteiger partial charge on any atom is 1.00 e. The van der Waals surface area contributed by atoms with Crippen LogP contribution in [0.15, 0.2) is 18.2 Å². The number of hydrogen-bond donors (Lipinski definition) is 1. The van der Waals surface area contributed by atoms with Crippen LogP contribution in [0.2, 0.25) is 0 Å². The third-order valence-electron chi connectivity index (χ3n) is 0.962. The summed E-state index contributed by atoms with van der Waals surface area (Å²) in [4.78, 5) is 7.06. The van der Waals surface area contributed by atoms with Crippen molar-refractivity contribution in [3.8, 4) is 5.75 Å². The summed E-state index contributed by atoms with van der Waals surface area (Å²) in [7, 11) is -2.51. The van der Waals surface area contributed by atoms with E-state index in [9.17, 15) is 18.0 Å². The molecule has 0 radical (unpaired) electrons. The molecule has 1 rings (SSSR count). The average molecular weight is 266 g/mol. The summed E-state index contributed by atoms with van der Waals surface area (Å²) in [5.74, 6) is -0.699. The Bertz CT molecular complexity index is 256. The molecule has 0 unspecified atom stereocenters. The van der Waals surface area contributed by atoms with E-state index < -0.39 is 13.1 Å². The molecule has 4 nitrogen and oxygen atoms in total. The van der Waals surface area contributed by atoms with Crippen LogP contribution in [0.3, 0.4) is 0 Å². The minimum Gasteiger partial charge on any atom is -0.534 e. The molecule has 0 aliphatic carbocycles. The standard InChI is InChI=1S/C6H4FO.BF3O3.K/c7-5-2-1-3-6(8)4-5;2-5-1(6-3)7-4;/h1-3,8H;;/q-1;;+1. The fraction of sp³-hybridized carbons (Fsp3) is 0. The zero-order valence-electron chi connectivity index (χ0n) is 7.99. The Hall–Kier alpha value is 0.321. The first-order chi connectivity index (χ1) is 7.13. The first kappa shape index (κ1) is 18.7. The molecule has 0 aromatic heterocycles. The first-order valence-corrected chi connectivity index (χ1v) is 3.33. The largest absolute Gasteiger partial charge is 1.00 e. The van der Waals surface area contributed by atoms with Crippen molar-refractivity contribution < 1.29 is 89.0 Å². The van der Waals surface area contributed by atoms with Gasteiger partial charge in [-0.15, -0.1) is 18.2 Å². The molecule has 1 aromatic carbocycles. The first-order valence-electron chi connectivity index (χ1n) is 3.33. The monoisotopic (exact) mass is 266 g/mol. The Morgan fingerprint density at radius 3 is 1.81 bits per heavy atom. The van der Waals surface area contributed by atoms with Gasteiger partial charge in [-0.05, 0) is 0 Å². The molecule has 10 heteroatoms. The molecule has 0 spiro atoms. The van der Waals surface area contributed by atoms with Crippen LogP contribution in [0, 0.1) is 11.9 Å². The molecule has 0 heterocycles. The second-order valence-electron chi connectivity index (χ2n) is 1.94. The molecule has 1 aromatic rings. The number of aromatic hydroxyl groups is 1. The van der Waals surface area contributed by atoms with Crippen LogP contribution < -0.4 is 51.4 Å². The smallest absolute Gasteiger partial charge is 0.534 e.